The molecule has 0 aliphatic heterocycles. The summed E-state index contributed by atoms with van der Waals surface area (Å²) in [6.07, 6.45) is 2.84. The number of amides is 1. The lowest BCUT2D eigenvalue weighted by atomic mass is 9.98. The van der Waals surface area contributed by atoms with Crippen LogP contribution in [-0.2, 0) is 17.8 Å². The number of nitrogens with zero attached hydrogens (tertiary/aromatic N) is 1. The average molecular weight is 362 g/mol. The van der Waals surface area contributed by atoms with Gasteiger partial charge in [0.25, 0.3) is 0 Å². The maximum absolute atomic E-state index is 12.2. The normalized spacial score (nSPS) is 11.0. The highest BCUT2D eigenvalue weighted by Gasteiger charge is 2.18. The topological polar surface area (TPSA) is 68.0 Å². The zero-order chi connectivity index (χ0) is 14.4. The fourth-order valence-corrected chi connectivity index (χ4v) is 2.76. The number of hydrogen-bond acceptors (Lipinski definition) is 4. The van der Waals surface area contributed by atoms with Gasteiger partial charge >= 0.3 is 0 Å². The second-order valence-electron chi connectivity index (χ2n) is 4.49. The number of halogens is 2. The SMILES string of the molecule is CCc1cnc(CNC(=O)C(CN)c2ccccc2)s1.Cl.Cl. The number of nitrogens with one attached hydrogen (secondary N) is 1. The van der Waals surface area contributed by atoms with Crippen LogP contribution in [0.15, 0.2) is 36.5 Å². The predicted octanol–water partition coefficient (Wildman–Crippen LogP) is 2.91. The molecule has 3 N–H and O–H groups in total. The van der Waals surface area contributed by atoms with E-state index in [1.165, 1.54) is 4.88 Å². The van der Waals surface area contributed by atoms with Crippen molar-refractivity contribution in [1.29, 1.82) is 0 Å². The minimum atomic E-state index is -0.304. The minimum absolute atomic E-state index is 0. The number of hydrogen-bond donors (Lipinski definition) is 2. The summed E-state index contributed by atoms with van der Waals surface area (Å²) < 4.78 is 0. The van der Waals surface area contributed by atoms with E-state index in [9.17, 15) is 4.79 Å². The molecule has 2 rings (SSSR count). The summed E-state index contributed by atoms with van der Waals surface area (Å²) in [5.41, 5.74) is 6.67. The summed E-state index contributed by atoms with van der Waals surface area (Å²) in [6.45, 7) is 2.86. The maximum Gasteiger partial charge on any atom is 0.229 e. The van der Waals surface area contributed by atoms with Crippen molar-refractivity contribution in [2.75, 3.05) is 6.54 Å². The molecule has 1 unspecified atom stereocenters. The van der Waals surface area contributed by atoms with Crippen LogP contribution in [0, 0.1) is 0 Å². The van der Waals surface area contributed by atoms with E-state index in [1.54, 1.807) is 11.3 Å². The van der Waals surface area contributed by atoms with Gasteiger partial charge in [0.2, 0.25) is 5.91 Å². The zero-order valence-electron chi connectivity index (χ0n) is 12.3. The van der Waals surface area contributed by atoms with E-state index >= 15 is 0 Å². The average Bonchev–Trinajstić information content (AvgIpc) is 2.95. The van der Waals surface area contributed by atoms with E-state index < -0.39 is 0 Å². The van der Waals surface area contributed by atoms with Crippen molar-refractivity contribution in [2.24, 2.45) is 5.73 Å². The Kier molecular flexibility index (Phi) is 10.0. The summed E-state index contributed by atoms with van der Waals surface area (Å²) >= 11 is 1.63. The summed E-state index contributed by atoms with van der Waals surface area (Å²) in [7, 11) is 0. The highest BCUT2D eigenvalue weighted by atomic mass is 35.5. The second kappa shape index (κ2) is 10.6. The Hall–Kier alpha value is -1.14. The summed E-state index contributed by atoms with van der Waals surface area (Å²) in [6, 6.07) is 9.61. The molecule has 1 aromatic heterocycles. The molecule has 0 fully saturated rings. The first kappa shape index (κ1) is 20.9. The number of benzene rings is 1. The third kappa shape index (κ3) is 5.57. The second-order valence-corrected chi connectivity index (χ2v) is 5.69. The lowest BCUT2D eigenvalue weighted by Gasteiger charge is -2.14. The molecule has 0 aliphatic rings. The first-order chi connectivity index (χ1) is 9.74. The predicted molar refractivity (Wildman–Crippen MR) is 96.1 cm³/mol. The molecule has 4 nitrogen and oxygen atoms in total. The van der Waals surface area contributed by atoms with Crippen LogP contribution in [0.5, 0.6) is 0 Å². The van der Waals surface area contributed by atoms with Gasteiger partial charge < -0.3 is 11.1 Å². The van der Waals surface area contributed by atoms with Crippen LogP contribution < -0.4 is 11.1 Å². The van der Waals surface area contributed by atoms with Crippen molar-refractivity contribution in [3.05, 3.63) is 52.0 Å². The number of carbonyl (C=O) groups excluding carboxylic acids is 1. The number of aromatic nitrogens is 1. The molecule has 22 heavy (non-hydrogen) atoms. The van der Waals surface area contributed by atoms with Crippen molar-refractivity contribution in [2.45, 2.75) is 25.8 Å². The molecule has 0 radical (unpaired) electrons. The van der Waals surface area contributed by atoms with Crippen LogP contribution >= 0.6 is 36.2 Å². The highest BCUT2D eigenvalue weighted by molar-refractivity contribution is 7.11. The molecular weight excluding hydrogens is 341 g/mol. The third-order valence-corrected chi connectivity index (χ3v) is 4.26. The molecule has 0 spiro atoms. The lowest BCUT2D eigenvalue weighted by Crippen LogP contribution is -2.33. The van der Waals surface area contributed by atoms with Crippen molar-refractivity contribution in [1.82, 2.24) is 10.3 Å². The summed E-state index contributed by atoms with van der Waals surface area (Å²) in [4.78, 5) is 17.7. The van der Waals surface area contributed by atoms with E-state index in [4.69, 9.17) is 5.73 Å². The molecule has 0 saturated heterocycles. The molecule has 1 heterocycles. The molecule has 0 saturated carbocycles. The van der Waals surface area contributed by atoms with Crippen molar-refractivity contribution < 1.29 is 4.79 Å². The Morgan fingerprint density at radius 1 is 1.32 bits per heavy atom. The zero-order valence-corrected chi connectivity index (χ0v) is 14.8. The van der Waals surface area contributed by atoms with E-state index in [2.05, 4.69) is 17.2 Å². The van der Waals surface area contributed by atoms with Crippen LogP contribution in [-0.4, -0.2) is 17.4 Å². The maximum atomic E-state index is 12.2. The Morgan fingerprint density at radius 3 is 2.55 bits per heavy atom. The fourth-order valence-electron chi connectivity index (χ4n) is 1.96. The van der Waals surface area contributed by atoms with Gasteiger partial charge in [-0.05, 0) is 12.0 Å². The monoisotopic (exact) mass is 361 g/mol. The molecule has 1 amide bonds. The molecule has 7 heteroatoms. The van der Waals surface area contributed by atoms with Gasteiger partial charge in [-0.25, -0.2) is 4.98 Å². The van der Waals surface area contributed by atoms with Gasteiger partial charge in [-0.1, -0.05) is 37.3 Å². The number of rotatable bonds is 6. The molecule has 2 aromatic rings. The van der Waals surface area contributed by atoms with E-state index in [0.29, 0.717) is 13.1 Å². The highest BCUT2D eigenvalue weighted by Crippen LogP contribution is 2.16. The Balaban J connectivity index is 0.00000220. The number of aryl methyl sites for hydroxylation is 1. The minimum Gasteiger partial charge on any atom is -0.349 e. The Morgan fingerprint density at radius 2 is 2.00 bits per heavy atom. The molecule has 0 bridgehead atoms. The van der Waals surface area contributed by atoms with Gasteiger partial charge in [0.15, 0.2) is 0 Å². The van der Waals surface area contributed by atoms with Gasteiger partial charge in [0, 0.05) is 17.6 Å². The molecule has 1 atom stereocenters. The van der Waals surface area contributed by atoms with Crippen molar-refractivity contribution in [3.63, 3.8) is 0 Å². The van der Waals surface area contributed by atoms with Crippen molar-refractivity contribution >= 4 is 42.1 Å². The quantitative estimate of drug-likeness (QED) is 0.830. The first-order valence-electron chi connectivity index (χ1n) is 6.71. The molecule has 122 valence electrons. The fraction of sp³-hybridized carbons (Fsp3) is 0.333. The van der Waals surface area contributed by atoms with Gasteiger partial charge in [0.05, 0.1) is 12.5 Å². The summed E-state index contributed by atoms with van der Waals surface area (Å²) in [5, 5.41) is 3.84. The van der Waals surface area contributed by atoms with Crippen LogP contribution in [0.1, 0.15) is 28.3 Å². The van der Waals surface area contributed by atoms with Gasteiger partial charge in [0.1, 0.15) is 5.01 Å². The summed E-state index contributed by atoms with van der Waals surface area (Å²) in [5.74, 6) is -0.353. The largest absolute Gasteiger partial charge is 0.349 e. The van der Waals surface area contributed by atoms with Crippen LogP contribution in [0.3, 0.4) is 0 Å². The Bertz CT molecular complexity index is 563. The molecular formula is C15H21Cl2N3OS. The molecule has 0 aliphatic carbocycles. The van der Waals surface area contributed by atoms with E-state index in [0.717, 1.165) is 17.0 Å². The van der Waals surface area contributed by atoms with Crippen LogP contribution in [0.2, 0.25) is 0 Å². The van der Waals surface area contributed by atoms with E-state index in [1.807, 2.05) is 36.5 Å². The van der Waals surface area contributed by atoms with Gasteiger partial charge in [-0.15, -0.1) is 36.2 Å². The van der Waals surface area contributed by atoms with Crippen molar-refractivity contribution in [3.8, 4) is 0 Å². The van der Waals surface area contributed by atoms with Crippen LogP contribution in [0.4, 0.5) is 0 Å². The lowest BCUT2D eigenvalue weighted by molar-refractivity contribution is -0.122. The number of thiazole rings is 1. The Labute approximate surface area is 147 Å². The first-order valence-corrected chi connectivity index (χ1v) is 7.52. The third-order valence-electron chi connectivity index (χ3n) is 3.12. The number of carbonyl (C=O) groups is 1. The van der Waals surface area contributed by atoms with Crippen LogP contribution in [0.25, 0.3) is 0 Å². The van der Waals surface area contributed by atoms with E-state index in [-0.39, 0.29) is 36.6 Å². The molecule has 1 aromatic carbocycles. The van der Waals surface area contributed by atoms with Gasteiger partial charge in [-0.2, -0.15) is 0 Å². The van der Waals surface area contributed by atoms with Gasteiger partial charge in [-0.3, -0.25) is 4.79 Å². The smallest absolute Gasteiger partial charge is 0.229 e. The number of nitrogens with two attached hydrogens (primary N) is 1. The standard InChI is InChI=1S/C15H19N3OS.2ClH/c1-2-12-9-17-14(20-12)10-18-15(19)13(8-16)11-6-4-3-5-7-11;;/h3-7,9,13H,2,8,10,16H2,1H3,(H,18,19);2*1H.